The van der Waals surface area contributed by atoms with Gasteiger partial charge in [0.1, 0.15) is 17.2 Å². The standard InChI is InChI=1S/C22H19FN4O4/c1-13-18(26-31-25-13)10-24-9-16-6-15-7-20-21(30-12-29-20)8-19(15)27(22(16)28)11-14-3-2-4-17(23)5-14/h2-8,24H,9-12H2,1H3. The third-order valence-corrected chi connectivity index (χ3v) is 5.25. The topological polar surface area (TPSA) is 91.4 Å². The molecule has 158 valence electrons. The summed E-state index contributed by atoms with van der Waals surface area (Å²) >= 11 is 0. The van der Waals surface area contributed by atoms with E-state index in [0.717, 1.165) is 5.39 Å². The van der Waals surface area contributed by atoms with E-state index in [1.54, 1.807) is 29.7 Å². The van der Waals surface area contributed by atoms with E-state index in [1.807, 2.05) is 12.1 Å². The van der Waals surface area contributed by atoms with Crippen LogP contribution >= 0.6 is 0 Å². The smallest absolute Gasteiger partial charge is 0.255 e. The molecule has 4 aromatic rings. The van der Waals surface area contributed by atoms with Crippen molar-refractivity contribution in [1.29, 1.82) is 0 Å². The fraction of sp³-hybridized carbons (Fsp3) is 0.227. The highest BCUT2D eigenvalue weighted by Gasteiger charge is 2.18. The Kier molecular flexibility index (Phi) is 4.87. The van der Waals surface area contributed by atoms with Gasteiger partial charge in [-0.15, -0.1) is 0 Å². The van der Waals surface area contributed by atoms with Crippen molar-refractivity contribution in [3.05, 3.63) is 81.2 Å². The van der Waals surface area contributed by atoms with Gasteiger partial charge in [0.25, 0.3) is 5.56 Å². The summed E-state index contributed by atoms with van der Waals surface area (Å²) in [7, 11) is 0. The highest BCUT2D eigenvalue weighted by molar-refractivity contribution is 5.84. The molecule has 1 aliphatic heterocycles. The van der Waals surface area contributed by atoms with Gasteiger partial charge in [0.2, 0.25) is 6.79 Å². The molecule has 0 saturated carbocycles. The van der Waals surface area contributed by atoms with Gasteiger partial charge >= 0.3 is 0 Å². The van der Waals surface area contributed by atoms with Gasteiger partial charge in [-0.3, -0.25) is 4.79 Å². The number of ether oxygens (including phenoxy) is 2. The highest BCUT2D eigenvalue weighted by Crippen LogP contribution is 2.36. The summed E-state index contributed by atoms with van der Waals surface area (Å²) in [5, 5.41) is 11.6. The second-order valence-corrected chi connectivity index (χ2v) is 7.35. The van der Waals surface area contributed by atoms with Crippen LogP contribution in [0.3, 0.4) is 0 Å². The maximum absolute atomic E-state index is 13.7. The molecule has 9 heteroatoms. The van der Waals surface area contributed by atoms with Crippen LogP contribution in [0.5, 0.6) is 11.5 Å². The van der Waals surface area contributed by atoms with Crippen molar-refractivity contribution in [2.75, 3.05) is 6.79 Å². The molecule has 8 nitrogen and oxygen atoms in total. The van der Waals surface area contributed by atoms with Crippen LogP contribution in [0.15, 0.2) is 51.9 Å². The lowest BCUT2D eigenvalue weighted by Gasteiger charge is -2.14. The fourth-order valence-electron chi connectivity index (χ4n) is 3.66. The Balaban J connectivity index is 1.54. The Bertz CT molecular complexity index is 1330. The first kappa shape index (κ1) is 19.3. The number of fused-ring (bicyclic) bond motifs is 2. The van der Waals surface area contributed by atoms with Crippen LogP contribution in [0.1, 0.15) is 22.5 Å². The number of aryl methyl sites for hydroxylation is 1. The molecule has 0 bridgehead atoms. The molecular weight excluding hydrogens is 403 g/mol. The SMILES string of the molecule is Cc1nonc1CNCc1cc2cc3c(cc2n(Cc2cccc(F)c2)c1=O)OCO3. The van der Waals surface area contributed by atoms with Crippen molar-refractivity contribution >= 4 is 10.9 Å². The minimum absolute atomic E-state index is 0.138. The maximum Gasteiger partial charge on any atom is 0.255 e. The maximum atomic E-state index is 13.7. The number of aromatic nitrogens is 3. The zero-order valence-electron chi connectivity index (χ0n) is 16.7. The first-order valence-corrected chi connectivity index (χ1v) is 9.78. The Morgan fingerprint density at radius 1 is 1.10 bits per heavy atom. The number of rotatable bonds is 6. The average molecular weight is 422 g/mol. The van der Waals surface area contributed by atoms with E-state index in [9.17, 15) is 9.18 Å². The Labute approximate surface area is 176 Å². The summed E-state index contributed by atoms with van der Waals surface area (Å²) in [5.74, 6) is 0.869. The Morgan fingerprint density at radius 3 is 2.71 bits per heavy atom. The van der Waals surface area contributed by atoms with Gasteiger partial charge in [0.05, 0.1) is 12.1 Å². The van der Waals surface area contributed by atoms with Gasteiger partial charge in [-0.2, -0.15) is 0 Å². The van der Waals surface area contributed by atoms with Crippen LogP contribution < -0.4 is 20.3 Å². The van der Waals surface area contributed by atoms with Crippen molar-refractivity contribution in [2.45, 2.75) is 26.6 Å². The Hall–Kier alpha value is -3.72. The first-order chi connectivity index (χ1) is 15.1. The van der Waals surface area contributed by atoms with Crippen LogP contribution in [0.4, 0.5) is 4.39 Å². The predicted molar refractivity (Wildman–Crippen MR) is 109 cm³/mol. The van der Waals surface area contributed by atoms with Crippen LogP contribution in [0.25, 0.3) is 10.9 Å². The number of pyridine rings is 1. The second kappa shape index (κ2) is 7.84. The zero-order valence-corrected chi connectivity index (χ0v) is 16.7. The van der Waals surface area contributed by atoms with E-state index < -0.39 is 0 Å². The normalized spacial score (nSPS) is 12.6. The molecular formula is C22H19FN4O4. The molecule has 0 fully saturated rings. The van der Waals surface area contributed by atoms with Crippen LogP contribution in [-0.4, -0.2) is 21.7 Å². The van der Waals surface area contributed by atoms with Crippen LogP contribution in [-0.2, 0) is 19.6 Å². The molecule has 0 spiro atoms. The van der Waals surface area contributed by atoms with E-state index in [2.05, 4.69) is 15.6 Å². The lowest BCUT2D eigenvalue weighted by molar-refractivity contribution is 0.174. The molecule has 1 aliphatic rings. The molecule has 0 radical (unpaired) electrons. The number of hydrogen-bond acceptors (Lipinski definition) is 7. The Morgan fingerprint density at radius 2 is 1.94 bits per heavy atom. The van der Waals surface area contributed by atoms with Crippen molar-refractivity contribution in [3.8, 4) is 11.5 Å². The van der Waals surface area contributed by atoms with Gasteiger partial charge in [-0.25, -0.2) is 9.02 Å². The molecule has 3 heterocycles. The summed E-state index contributed by atoms with van der Waals surface area (Å²) < 4.78 is 31.0. The van der Waals surface area contributed by atoms with Crippen LogP contribution in [0.2, 0.25) is 0 Å². The summed E-state index contributed by atoms with van der Waals surface area (Å²) in [6.07, 6.45) is 0. The number of nitrogens with one attached hydrogen (secondary N) is 1. The quantitative estimate of drug-likeness (QED) is 0.511. The molecule has 0 aliphatic carbocycles. The zero-order chi connectivity index (χ0) is 21.4. The summed E-state index contributed by atoms with van der Waals surface area (Å²) in [4.78, 5) is 13.3. The molecule has 0 saturated heterocycles. The van der Waals surface area contributed by atoms with E-state index >= 15 is 0 Å². The van der Waals surface area contributed by atoms with Gasteiger partial charge in [-0.1, -0.05) is 22.4 Å². The van der Waals surface area contributed by atoms with E-state index in [4.69, 9.17) is 14.1 Å². The number of benzene rings is 2. The highest BCUT2D eigenvalue weighted by atomic mass is 19.1. The molecule has 0 amide bonds. The minimum atomic E-state index is -0.345. The molecule has 31 heavy (non-hydrogen) atoms. The summed E-state index contributed by atoms with van der Waals surface area (Å²) in [5.41, 5.74) is 3.16. The van der Waals surface area contributed by atoms with Crippen molar-refractivity contribution in [1.82, 2.24) is 20.2 Å². The predicted octanol–water partition coefficient (Wildman–Crippen LogP) is 2.90. The van der Waals surface area contributed by atoms with Crippen molar-refractivity contribution < 1.29 is 18.5 Å². The van der Waals surface area contributed by atoms with E-state index in [1.165, 1.54) is 12.1 Å². The van der Waals surface area contributed by atoms with Crippen LogP contribution in [0, 0.1) is 12.7 Å². The van der Waals surface area contributed by atoms with Gasteiger partial charge in [0.15, 0.2) is 11.5 Å². The molecule has 0 unspecified atom stereocenters. The van der Waals surface area contributed by atoms with Gasteiger partial charge in [0, 0.05) is 30.1 Å². The van der Waals surface area contributed by atoms with E-state index in [0.29, 0.717) is 52.6 Å². The minimum Gasteiger partial charge on any atom is -0.454 e. The molecule has 2 aromatic heterocycles. The molecule has 0 atom stereocenters. The number of halogens is 1. The average Bonchev–Trinajstić information content (AvgIpc) is 3.38. The molecule has 5 rings (SSSR count). The summed E-state index contributed by atoms with van der Waals surface area (Å²) in [6, 6.07) is 11.7. The fourth-order valence-corrected chi connectivity index (χ4v) is 3.66. The molecule has 1 N–H and O–H groups in total. The largest absolute Gasteiger partial charge is 0.454 e. The lowest BCUT2D eigenvalue weighted by atomic mass is 10.1. The van der Waals surface area contributed by atoms with Crippen molar-refractivity contribution in [2.24, 2.45) is 0 Å². The molecule has 2 aromatic carbocycles. The first-order valence-electron chi connectivity index (χ1n) is 9.78. The summed E-state index contributed by atoms with van der Waals surface area (Å²) in [6.45, 7) is 2.90. The third kappa shape index (κ3) is 3.75. The number of hydrogen-bond donors (Lipinski definition) is 1. The van der Waals surface area contributed by atoms with Gasteiger partial charge in [-0.05, 0) is 36.8 Å². The lowest BCUT2D eigenvalue weighted by Crippen LogP contribution is -2.28. The third-order valence-electron chi connectivity index (χ3n) is 5.25. The van der Waals surface area contributed by atoms with E-state index in [-0.39, 0.29) is 24.7 Å². The van der Waals surface area contributed by atoms with Gasteiger partial charge < -0.3 is 19.4 Å². The number of nitrogens with zero attached hydrogens (tertiary/aromatic N) is 3. The second-order valence-electron chi connectivity index (χ2n) is 7.35. The monoisotopic (exact) mass is 422 g/mol. The van der Waals surface area contributed by atoms with Crippen molar-refractivity contribution in [3.63, 3.8) is 0 Å².